The minimum Gasteiger partial charge on any atom is -0.306 e. The zero-order valence-electron chi connectivity index (χ0n) is 12.8. The van der Waals surface area contributed by atoms with E-state index in [1.165, 1.54) is 6.08 Å². The summed E-state index contributed by atoms with van der Waals surface area (Å²) >= 11 is 5.91. The molecule has 5 nitrogen and oxygen atoms in total. The van der Waals surface area contributed by atoms with Gasteiger partial charge in [0.25, 0.3) is 0 Å². The van der Waals surface area contributed by atoms with Gasteiger partial charge in [-0.25, -0.2) is 0 Å². The second-order valence-corrected chi connectivity index (χ2v) is 5.57. The van der Waals surface area contributed by atoms with E-state index in [-0.39, 0.29) is 5.91 Å². The second-order valence-electron chi connectivity index (χ2n) is 5.13. The number of anilines is 1. The highest BCUT2D eigenvalue weighted by Crippen LogP contribution is 2.12. The van der Waals surface area contributed by atoms with Crippen LogP contribution in [0.1, 0.15) is 11.1 Å². The molecule has 3 aromatic rings. The third kappa shape index (κ3) is 4.54. The van der Waals surface area contributed by atoms with E-state index in [1.54, 1.807) is 41.4 Å². The number of carbonyl (C=O) groups excluding carboxylic acids is 1. The molecule has 6 heteroatoms. The SMILES string of the molecule is O=C(C=Cc1cccc(Cl)c1)Nc1ccn(Cc2ccncc2)n1. The Morgan fingerprint density at radius 1 is 1.21 bits per heavy atom. The molecule has 0 unspecified atom stereocenters. The number of aromatic nitrogens is 3. The van der Waals surface area contributed by atoms with Crippen molar-refractivity contribution in [3.8, 4) is 0 Å². The van der Waals surface area contributed by atoms with E-state index in [1.807, 2.05) is 30.5 Å². The fourth-order valence-corrected chi connectivity index (χ4v) is 2.34. The number of amides is 1. The first kappa shape index (κ1) is 16.0. The van der Waals surface area contributed by atoms with Gasteiger partial charge in [0.1, 0.15) is 0 Å². The molecule has 0 atom stereocenters. The maximum absolute atomic E-state index is 11.9. The van der Waals surface area contributed by atoms with Crippen LogP contribution >= 0.6 is 11.6 Å². The van der Waals surface area contributed by atoms with Crippen molar-refractivity contribution in [2.45, 2.75) is 6.54 Å². The van der Waals surface area contributed by atoms with Crippen molar-refractivity contribution in [1.29, 1.82) is 0 Å². The van der Waals surface area contributed by atoms with Crippen LogP contribution in [0, 0.1) is 0 Å². The second kappa shape index (κ2) is 7.57. The molecule has 1 aromatic carbocycles. The number of halogens is 1. The lowest BCUT2D eigenvalue weighted by atomic mass is 10.2. The van der Waals surface area contributed by atoms with Gasteiger partial charge in [-0.2, -0.15) is 5.10 Å². The summed E-state index contributed by atoms with van der Waals surface area (Å²) in [7, 11) is 0. The van der Waals surface area contributed by atoms with Crippen LogP contribution in [0.25, 0.3) is 6.08 Å². The van der Waals surface area contributed by atoms with Crippen LogP contribution in [-0.4, -0.2) is 20.7 Å². The molecular weight excluding hydrogens is 324 g/mol. The molecule has 120 valence electrons. The Kier molecular flexibility index (Phi) is 5.03. The summed E-state index contributed by atoms with van der Waals surface area (Å²) in [5.74, 6) is 0.258. The fourth-order valence-electron chi connectivity index (χ4n) is 2.14. The standard InChI is InChI=1S/C18H15ClN4O/c19-16-3-1-2-14(12-16)4-5-18(24)21-17-8-11-23(22-17)13-15-6-9-20-10-7-15/h1-12H,13H2,(H,21,22,24). The van der Waals surface area contributed by atoms with Crippen LogP contribution in [0.15, 0.2) is 67.1 Å². The Labute approximate surface area is 144 Å². The van der Waals surface area contributed by atoms with Crippen LogP contribution in [0.4, 0.5) is 5.82 Å². The first-order chi connectivity index (χ1) is 11.7. The number of rotatable bonds is 5. The number of carbonyl (C=O) groups is 1. The third-order valence-electron chi connectivity index (χ3n) is 3.26. The Morgan fingerprint density at radius 2 is 2.04 bits per heavy atom. The average molecular weight is 339 g/mol. The molecule has 2 heterocycles. The van der Waals surface area contributed by atoms with E-state index in [2.05, 4.69) is 15.4 Å². The van der Waals surface area contributed by atoms with Gasteiger partial charge >= 0.3 is 0 Å². The monoisotopic (exact) mass is 338 g/mol. The molecule has 0 bridgehead atoms. The van der Waals surface area contributed by atoms with Crippen molar-refractivity contribution in [3.05, 3.63) is 83.3 Å². The van der Waals surface area contributed by atoms with Crippen LogP contribution in [-0.2, 0) is 11.3 Å². The minimum atomic E-state index is -0.246. The quantitative estimate of drug-likeness (QED) is 0.723. The van der Waals surface area contributed by atoms with Gasteiger partial charge in [0, 0.05) is 35.8 Å². The molecule has 0 radical (unpaired) electrons. The van der Waals surface area contributed by atoms with E-state index in [0.717, 1.165) is 11.1 Å². The van der Waals surface area contributed by atoms with Gasteiger partial charge in [0.15, 0.2) is 5.82 Å². The molecule has 0 saturated carbocycles. The largest absolute Gasteiger partial charge is 0.306 e. The highest BCUT2D eigenvalue weighted by molar-refractivity contribution is 6.30. The minimum absolute atomic E-state index is 0.246. The lowest BCUT2D eigenvalue weighted by Crippen LogP contribution is -2.09. The van der Waals surface area contributed by atoms with Gasteiger partial charge in [0.05, 0.1) is 6.54 Å². The topological polar surface area (TPSA) is 59.8 Å². The molecule has 1 N–H and O–H groups in total. The zero-order chi connectivity index (χ0) is 16.8. The first-order valence-corrected chi connectivity index (χ1v) is 7.74. The summed E-state index contributed by atoms with van der Waals surface area (Å²) in [5.41, 5.74) is 1.95. The molecule has 0 aliphatic heterocycles. The summed E-state index contributed by atoms with van der Waals surface area (Å²) in [6, 6.07) is 12.9. The van der Waals surface area contributed by atoms with Crippen molar-refractivity contribution in [2.75, 3.05) is 5.32 Å². The normalized spacial score (nSPS) is 10.9. The van der Waals surface area contributed by atoms with Crippen LogP contribution < -0.4 is 5.32 Å². The van der Waals surface area contributed by atoms with Gasteiger partial charge in [-0.05, 0) is 41.5 Å². The number of benzene rings is 1. The molecule has 1 amide bonds. The lowest BCUT2D eigenvalue weighted by molar-refractivity contribution is -0.111. The van der Waals surface area contributed by atoms with E-state index >= 15 is 0 Å². The Hall–Kier alpha value is -2.92. The highest BCUT2D eigenvalue weighted by Gasteiger charge is 2.03. The summed E-state index contributed by atoms with van der Waals surface area (Å²) in [5, 5.41) is 7.69. The molecule has 3 rings (SSSR count). The van der Waals surface area contributed by atoms with Crippen LogP contribution in [0.2, 0.25) is 5.02 Å². The number of hydrogen-bond donors (Lipinski definition) is 1. The van der Waals surface area contributed by atoms with Gasteiger partial charge in [-0.1, -0.05) is 23.7 Å². The number of pyridine rings is 1. The van der Waals surface area contributed by atoms with Crippen molar-refractivity contribution >= 4 is 29.4 Å². The first-order valence-electron chi connectivity index (χ1n) is 7.36. The summed E-state index contributed by atoms with van der Waals surface area (Å²) in [6.07, 6.45) is 8.45. The molecule has 0 aliphatic carbocycles. The fraction of sp³-hybridized carbons (Fsp3) is 0.0556. The number of hydrogen-bond acceptors (Lipinski definition) is 3. The lowest BCUT2D eigenvalue weighted by Gasteiger charge is -2.01. The van der Waals surface area contributed by atoms with E-state index in [4.69, 9.17) is 11.6 Å². The molecule has 0 spiro atoms. The summed E-state index contributed by atoms with van der Waals surface area (Å²) in [4.78, 5) is 15.9. The molecule has 0 fully saturated rings. The zero-order valence-corrected chi connectivity index (χ0v) is 13.5. The summed E-state index contributed by atoms with van der Waals surface area (Å²) in [6.45, 7) is 0.622. The van der Waals surface area contributed by atoms with Crippen LogP contribution in [0.3, 0.4) is 0 Å². The average Bonchev–Trinajstić information content (AvgIpc) is 3.01. The number of nitrogens with zero attached hydrogens (tertiary/aromatic N) is 3. The maximum Gasteiger partial charge on any atom is 0.249 e. The Morgan fingerprint density at radius 3 is 2.83 bits per heavy atom. The molecule has 2 aromatic heterocycles. The predicted molar refractivity (Wildman–Crippen MR) is 94.7 cm³/mol. The highest BCUT2D eigenvalue weighted by atomic mass is 35.5. The maximum atomic E-state index is 11.9. The van der Waals surface area contributed by atoms with Crippen LogP contribution in [0.5, 0.6) is 0 Å². The van der Waals surface area contributed by atoms with Crippen molar-refractivity contribution in [1.82, 2.24) is 14.8 Å². The third-order valence-corrected chi connectivity index (χ3v) is 3.50. The Balaban J connectivity index is 1.59. The van der Waals surface area contributed by atoms with E-state index in [9.17, 15) is 4.79 Å². The summed E-state index contributed by atoms with van der Waals surface area (Å²) < 4.78 is 1.76. The molecule has 0 aliphatic rings. The Bertz CT molecular complexity index is 858. The van der Waals surface area contributed by atoms with Gasteiger partial charge in [-0.15, -0.1) is 0 Å². The van der Waals surface area contributed by atoms with E-state index in [0.29, 0.717) is 17.4 Å². The van der Waals surface area contributed by atoms with E-state index < -0.39 is 0 Å². The molecular formula is C18H15ClN4O. The van der Waals surface area contributed by atoms with Gasteiger partial charge in [-0.3, -0.25) is 14.5 Å². The molecule has 24 heavy (non-hydrogen) atoms. The smallest absolute Gasteiger partial charge is 0.249 e. The predicted octanol–water partition coefficient (Wildman–Crippen LogP) is 3.63. The number of nitrogens with one attached hydrogen (secondary N) is 1. The van der Waals surface area contributed by atoms with Crippen molar-refractivity contribution < 1.29 is 4.79 Å². The molecule has 0 saturated heterocycles. The van der Waals surface area contributed by atoms with Gasteiger partial charge < -0.3 is 5.32 Å². The van der Waals surface area contributed by atoms with Crippen molar-refractivity contribution in [2.24, 2.45) is 0 Å². The van der Waals surface area contributed by atoms with Gasteiger partial charge in [0.2, 0.25) is 5.91 Å². The van der Waals surface area contributed by atoms with Crippen molar-refractivity contribution in [3.63, 3.8) is 0 Å².